The zero-order valence-corrected chi connectivity index (χ0v) is 16.4. The van der Waals surface area contributed by atoms with E-state index < -0.39 is 17.5 Å². The second-order valence-electron chi connectivity index (χ2n) is 6.75. The van der Waals surface area contributed by atoms with Crippen LogP contribution in [0.5, 0.6) is 0 Å². The number of carbonyl (C=O) groups is 2. The maximum atomic E-state index is 12.6. The molecule has 0 aliphatic heterocycles. The minimum Gasteiger partial charge on any atom is -0.454 e. The van der Waals surface area contributed by atoms with E-state index in [1.54, 1.807) is 25.2 Å². The summed E-state index contributed by atoms with van der Waals surface area (Å²) in [7, 11) is 3.34. The molecule has 150 valence electrons. The number of fused-ring (bicyclic) bond motifs is 1. The molecule has 0 atom stereocenters. The van der Waals surface area contributed by atoms with Crippen LogP contribution < -0.4 is 4.90 Å². The lowest BCUT2D eigenvalue weighted by Gasteiger charge is -2.13. The quantitative estimate of drug-likeness (QED) is 0.283. The summed E-state index contributed by atoms with van der Waals surface area (Å²) in [6, 6.07) is 9.77. The highest BCUT2D eigenvalue weighted by Gasteiger charge is 2.21. The van der Waals surface area contributed by atoms with Gasteiger partial charge < -0.3 is 14.6 Å². The first kappa shape index (κ1) is 20.1. The SMILES string of the molecule is CCc1cccc2c(C(=O)COC(=O)c3ccc(N(C)C)c([N+](=O)[O-])c3)c[nH]c12. The number of ether oxygens (including phenoxy) is 1. The molecule has 8 nitrogen and oxygen atoms in total. The van der Waals surface area contributed by atoms with E-state index in [9.17, 15) is 19.7 Å². The molecule has 0 saturated carbocycles. The Morgan fingerprint density at radius 1 is 1.21 bits per heavy atom. The molecule has 0 bridgehead atoms. The number of aryl methyl sites for hydroxylation is 1. The van der Waals surface area contributed by atoms with Crippen molar-refractivity contribution in [1.82, 2.24) is 4.98 Å². The van der Waals surface area contributed by atoms with Gasteiger partial charge in [0.2, 0.25) is 5.78 Å². The predicted octanol–water partition coefficient (Wildman–Crippen LogP) is 3.74. The van der Waals surface area contributed by atoms with Crippen molar-refractivity contribution >= 4 is 34.0 Å². The summed E-state index contributed by atoms with van der Waals surface area (Å²) in [5.41, 5.74) is 2.60. The van der Waals surface area contributed by atoms with Crippen LogP contribution in [-0.4, -0.2) is 42.4 Å². The average molecular weight is 395 g/mol. The van der Waals surface area contributed by atoms with E-state index >= 15 is 0 Å². The summed E-state index contributed by atoms with van der Waals surface area (Å²) in [6.07, 6.45) is 2.43. The van der Waals surface area contributed by atoms with Crippen molar-refractivity contribution in [3.8, 4) is 0 Å². The number of carbonyl (C=O) groups excluding carboxylic acids is 2. The lowest BCUT2D eigenvalue weighted by Crippen LogP contribution is -2.15. The van der Waals surface area contributed by atoms with E-state index in [1.165, 1.54) is 12.1 Å². The fraction of sp³-hybridized carbons (Fsp3) is 0.238. The normalized spacial score (nSPS) is 10.7. The third-order valence-electron chi connectivity index (χ3n) is 4.71. The van der Waals surface area contributed by atoms with Crippen LogP contribution in [0.25, 0.3) is 10.9 Å². The molecule has 1 aromatic heterocycles. The summed E-state index contributed by atoms with van der Waals surface area (Å²) in [5, 5.41) is 12.0. The molecule has 0 unspecified atom stereocenters. The number of para-hydroxylation sites is 1. The third kappa shape index (κ3) is 3.96. The average Bonchev–Trinajstić information content (AvgIpc) is 3.15. The fourth-order valence-corrected chi connectivity index (χ4v) is 3.21. The number of nitrogens with one attached hydrogen (secondary N) is 1. The summed E-state index contributed by atoms with van der Waals surface area (Å²) in [4.78, 5) is 40.3. The van der Waals surface area contributed by atoms with E-state index in [2.05, 4.69) is 4.98 Å². The van der Waals surface area contributed by atoms with Crippen LogP contribution in [0.15, 0.2) is 42.6 Å². The first-order valence-corrected chi connectivity index (χ1v) is 9.08. The molecule has 3 aromatic rings. The van der Waals surface area contributed by atoms with Crippen LogP contribution in [0.4, 0.5) is 11.4 Å². The molecule has 8 heteroatoms. The number of esters is 1. The molecule has 1 heterocycles. The van der Waals surface area contributed by atoms with Gasteiger partial charge in [-0.15, -0.1) is 0 Å². The number of aromatic nitrogens is 1. The Bertz CT molecular complexity index is 1100. The maximum absolute atomic E-state index is 12.6. The number of nitro groups is 1. The van der Waals surface area contributed by atoms with Gasteiger partial charge >= 0.3 is 5.97 Å². The molecule has 0 saturated heterocycles. The number of H-pyrrole nitrogens is 1. The standard InChI is InChI=1S/C21H21N3O5/c1-4-13-6-5-7-15-16(11-22-20(13)15)19(25)12-29-21(26)14-8-9-17(23(2)3)18(10-14)24(27)28/h5-11,22H,4,12H2,1-3H3. The summed E-state index contributed by atoms with van der Waals surface area (Å²) >= 11 is 0. The molecule has 0 aliphatic rings. The van der Waals surface area contributed by atoms with Crippen molar-refractivity contribution in [3.63, 3.8) is 0 Å². The van der Waals surface area contributed by atoms with Crippen LogP contribution in [-0.2, 0) is 11.2 Å². The van der Waals surface area contributed by atoms with Crippen molar-refractivity contribution in [2.45, 2.75) is 13.3 Å². The van der Waals surface area contributed by atoms with Crippen molar-refractivity contribution in [3.05, 3.63) is 69.4 Å². The van der Waals surface area contributed by atoms with Gasteiger partial charge in [0.25, 0.3) is 5.69 Å². The van der Waals surface area contributed by atoms with E-state index in [0.29, 0.717) is 11.3 Å². The van der Waals surface area contributed by atoms with Crippen LogP contribution in [0.2, 0.25) is 0 Å². The molecule has 0 fully saturated rings. The molecule has 0 spiro atoms. The fourth-order valence-electron chi connectivity index (χ4n) is 3.21. The van der Waals surface area contributed by atoms with Gasteiger partial charge in [-0.1, -0.05) is 25.1 Å². The summed E-state index contributed by atoms with van der Waals surface area (Å²) in [5.74, 6) is -1.14. The molecule has 0 amide bonds. The first-order chi connectivity index (χ1) is 13.8. The van der Waals surface area contributed by atoms with Gasteiger partial charge in [-0.3, -0.25) is 14.9 Å². The molecule has 29 heavy (non-hydrogen) atoms. The number of aromatic amines is 1. The number of hydrogen-bond acceptors (Lipinski definition) is 6. The van der Waals surface area contributed by atoms with Gasteiger partial charge in [0.15, 0.2) is 6.61 Å². The number of nitro benzene ring substituents is 1. The van der Waals surface area contributed by atoms with Crippen molar-refractivity contribution < 1.29 is 19.2 Å². The Labute approximate surface area is 167 Å². The van der Waals surface area contributed by atoms with Gasteiger partial charge in [-0.2, -0.15) is 0 Å². The highest BCUT2D eigenvalue weighted by atomic mass is 16.6. The minimum absolute atomic E-state index is 0.0160. The molecule has 0 radical (unpaired) electrons. The van der Waals surface area contributed by atoms with Crippen molar-refractivity contribution in [2.75, 3.05) is 25.6 Å². The zero-order chi connectivity index (χ0) is 21.1. The van der Waals surface area contributed by atoms with Gasteiger partial charge in [0.05, 0.1) is 10.5 Å². The number of benzene rings is 2. The topological polar surface area (TPSA) is 106 Å². The number of nitrogens with zero attached hydrogens (tertiary/aromatic N) is 2. The molecular weight excluding hydrogens is 374 g/mol. The number of ketones is 1. The molecule has 1 N–H and O–H groups in total. The smallest absolute Gasteiger partial charge is 0.338 e. The van der Waals surface area contributed by atoms with Crippen molar-refractivity contribution in [2.24, 2.45) is 0 Å². The Kier molecular flexibility index (Phi) is 5.63. The Balaban J connectivity index is 1.77. The minimum atomic E-state index is -0.791. The number of hydrogen-bond donors (Lipinski definition) is 1. The van der Waals surface area contributed by atoms with E-state index in [0.717, 1.165) is 29.0 Å². The van der Waals surface area contributed by atoms with Gasteiger partial charge in [-0.05, 0) is 24.1 Å². The predicted molar refractivity (Wildman–Crippen MR) is 110 cm³/mol. The molecule has 0 aliphatic carbocycles. The first-order valence-electron chi connectivity index (χ1n) is 9.08. The molecule has 2 aromatic carbocycles. The maximum Gasteiger partial charge on any atom is 0.338 e. The Morgan fingerprint density at radius 2 is 1.97 bits per heavy atom. The lowest BCUT2D eigenvalue weighted by atomic mass is 10.1. The van der Waals surface area contributed by atoms with Crippen molar-refractivity contribution in [1.29, 1.82) is 0 Å². The summed E-state index contributed by atoms with van der Waals surface area (Å²) < 4.78 is 5.12. The number of anilines is 1. The van der Waals surface area contributed by atoms with Gasteiger partial charge in [0.1, 0.15) is 5.69 Å². The Hall–Kier alpha value is -3.68. The third-order valence-corrected chi connectivity index (χ3v) is 4.71. The van der Waals surface area contributed by atoms with Crippen LogP contribution in [0.1, 0.15) is 33.2 Å². The Morgan fingerprint density at radius 3 is 2.62 bits per heavy atom. The van der Waals surface area contributed by atoms with E-state index in [-0.39, 0.29) is 17.0 Å². The van der Waals surface area contributed by atoms with Gasteiger partial charge in [0, 0.05) is 42.8 Å². The second-order valence-corrected chi connectivity index (χ2v) is 6.75. The zero-order valence-electron chi connectivity index (χ0n) is 16.4. The molecular formula is C21H21N3O5. The number of Topliss-reactive ketones (excluding diaryl/α,β-unsaturated/α-hetero) is 1. The highest BCUT2D eigenvalue weighted by Crippen LogP contribution is 2.28. The van der Waals surface area contributed by atoms with Crippen LogP contribution >= 0.6 is 0 Å². The molecule has 3 rings (SSSR count). The van der Waals surface area contributed by atoms with Gasteiger partial charge in [-0.25, -0.2) is 4.79 Å². The lowest BCUT2D eigenvalue weighted by molar-refractivity contribution is -0.384. The summed E-state index contributed by atoms with van der Waals surface area (Å²) in [6.45, 7) is 1.57. The monoisotopic (exact) mass is 395 g/mol. The largest absolute Gasteiger partial charge is 0.454 e. The van der Waals surface area contributed by atoms with E-state index in [4.69, 9.17) is 4.74 Å². The number of rotatable bonds is 7. The van der Waals surface area contributed by atoms with E-state index in [1.807, 2.05) is 25.1 Å². The highest BCUT2D eigenvalue weighted by molar-refractivity contribution is 6.09. The second kappa shape index (κ2) is 8.14. The van der Waals surface area contributed by atoms with Crippen LogP contribution in [0, 0.1) is 10.1 Å². The van der Waals surface area contributed by atoms with Crippen LogP contribution in [0.3, 0.4) is 0 Å².